The largest absolute Gasteiger partial charge is 0.453 e. The van der Waals surface area contributed by atoms with E-state index >= 15 is 0 Å². The van der Waals surface area contributed by atoms with Gasteiger partial charge in [0.05, 0.1) is 38.5 Å². The zero-order valence-corrected chi connectivity index (χ0v) is 9.20. The molecule has 0 aromatic carbocycles. The van der Waals surface area contributed by atoms with Crippen LogP contribution < -0.4 is 5.32 Å². The van der Waals surface area contributed by atoms with Gasteiger partial charge in [0, 0.05) is 0 Å². The minimum absolute atomic E-state index is 0.0649. The van der Waals surface area contributed by atoms with E-state index in [0.29, 0.717) is 0 Å². The van der Waals surface area contributed by atoms with Crippen molar-refractivity contribution in [3.63, 3.8) is 0 Å². The SMILES string of the molecule is COC(=O)N[C@@H](CC#N)COS(C)(=O)=O. The minimum Gasteiger partial charge on any atom is -0.453 e. The van der Waals surface area contributed by atoms with Crippen LogP contribution in [0.5, 0.6) is 0 Å². The van der Waals surface area contributed by atoms with Crippen LogP contribution in [0.4, 0.5) is 4.79 Å². The summed E-state index contributed by atoms with van der Waals surface area (Å²) in [4.78, 5) is 10.8. The van der Waals surface area contributed by atoms with E-state index in [1.807, 2.05) is 0 Å². The quantitative estimate of drug-likeness (QED) is 0.651. The molecule has 0 unspecified atom stereocenters. The second kappa shape index (κ2) is 6.21. The van der Waals surface area contributed by atoms with Gasteiger partial charge in [-0.3, -0.25) is 4.18 Å². The summed E-state index contributed by atoms with van der Waals surface area (Å²) in [5, 5.41) is 10.7. The third-order valence-corrected chi connectivity index (χ3v) is 1.89. The molecule has 1 N–H and O–H groups in total. The van der Waals surface area contributed by atoms with Crippen molar-refractivity contribution >= 4 is 16.2 Å². The molecule has 0 spiro atoms. The highest BCUT2D eigenvalue weighted by molar-refractivity contribution is 7.85. The van der Waals surface area contributed by atoms with E-state index < -0.39 is 22.3 Å². The molecule has 0 saturated carbocycles. The van der Waals surface area contributed by atoms with Crippen LogP contribution in [-0.2, 0) is 19.0 Å². The molecule has 0 aliphatic carbocycles. The van der Waals surface area contributed by atoms with Crippen LogP contribution in [0.15, 0.2) is 0 Å². The lowest BCUT2D eigenvalue weighted by molar-refractivity contribution is 0.160. The lowest BCUT2D eigenvalue weighted by Crippen LogP contribution is -2.38. The van der Waals surface area contributed by atoms with Crippen molar-refractivity contribution in [1.82, 2.24) is 5.32 Å². The summed E-state index contributed by atoms with van der Waals surface area (Å²) in [5.41, 5.74) is 0. The first-order chi connectivity index (χ1) is 6.89. The smallest absolute Gasteiger partial charge is 0.407 e. The normalized spacial score (nSPS) is 12.6. The molecule has 86 valence electrons. The number of nitrogens with zero attached hydrogens (tertiary/aromatic N) is 1. The number of hydrogen-bond acceptors (Lipinski definition) is 6. The van der Waals surface area contributed by atoms with Gasteiger partial charge in [-0.05, 0) is 0 Å². The number of carbonyl (C=O) groups is 1. The van der Waals surface area contributed by atoms with Gasteiger partial charge in [0.25, 0.3) is 10.1 Å². The van der Waals surface area contributed by atoms with Crippen molar-refractivity contribution in [3.8, 4) is 6.07 Å². The second-order valence-electron chi connectivity index (χ2n) is 2.68. The Morgan fingerprint density at radius 2 is 2.20 bits per heavy atom. The number of methoxy groups -OCH3 is 1. The summed E-state index contributed by atoms with van der Waals surface area (Å²) < 4.78 is 30.0. The summed E-state index contributed by atoms with van der Waals surface area (Å²) in [7, 11) is -2.42. The average Bonchev–Trinajstić information content (AvgIpc) is 2.13. The Morgan fingerprint density at radius 1 is 1.60 bits per heavy atom. The highest BCUT2D eigenvalue weighted by Gasteiger charge is 2.15. The zero-order chi connectivity index (χ0) is 11.9. The Balaban J connectivity index is 4.17. The maximum absolute atomic E-state index is 10.8. The standard InChI is InChI=1S/C7H12N2O5S/c1-13-7(10)9-6(3-4-8)5-14-15(2,11)12/h6H,3,5H2,1-2H3,(H,9,10)/t6-/m0/s1. The van der Waals surface area contributed by atoms with Crippen LogP contribution in [0.1, 0.15) is 6.42 Å². The van der Waals surface area contributed by atoms with Crippen molar-refractivity contribution in [2.24, 2.45) is 0 Å². The Morgan fingerprint density at radius 3 is 2.60 bits per heavy atom. The van der Waals surface area contributed by atoms with Crippen LogP contribution in [0.25, 0.3) is 0 Å². The number of ether oxygens (including phenoxy) is 1. The van der Waals surface area contributed by atoms with Crippen molar-refractivity contribution in [2.75, 3.05) is 20.0 Å². The average molecular weight is 236 g/mol. The number of hydrogen-bond donors (Lipinski definition) is 1. The number of amides is 1. The number of nitriles is 1. The first-order valence-corrected chi connectivity index (χ1v) is 5.76. The van der Waals surface area contributed by atoms with Gasteiger partial charge in [-0.1, -0.05) is 0 Å². The summed E-state index contributed by atoms with van der Waals surface area (Å²) >= 11 is 0. The monoisotopic (exact) mass is 236 g/mol. The summed E-state index contributed by atoms with van der Waals surface area (Å²) in [6.07, 6.45) is 0.0755. The number of nitrogens with one attached hydrogen (secondary N) is 1. The predicted octanol–water partition coefficient (Wildman–Crippen LogP) is -0.399. The van der Waals surface area contributed by atoms with Crippen LogP contribution in [0, 0.1) is 11.3 Å². The first-order valence-electron chi connectivity index (χ1n) is 3.95. The molecular formula is C7H12N2O5S. The molecule has 0 heterocycles. The van der Waals surface area contributed by atoms with Gasteiger partial charge in [-0.2, -0.15) is 13.7 Å². The number of carbonyl (C=O) groups excluding carboxylic acids is 1. The third kappa shape index (κ3) is 7.72. The van der Waals surface area contributed by atoms with Crippen molar-refractivity contribution in [1.29, 1.82) is 5.26 Å². The molecule has 0 rings (SSSR count). The van der Waals surface area contributed by atoms with Crippen molar-refractivity contribution < 1.29 is 22.1 Å². The molecule has 0 fully saturated rings. The highest BCUT2D eigenvalue weighted by Crippen LogP contribution is 1.96. The van der Waals surface area contributed by atoms with Gasteiger partial charge in [0.1, 0.15) is 0 Å². The van der Waals surface area contributed by atoms with Gasteiger partial charge in [-0.25, -0.2) is 4.79 Å². The zero-order valence-electron chi connectivity index (χ0n) is 8.39. The Kier molecular flexibility index (Phi) is 5.66. The molecule has 15 heavy (non-hydrogen) atoms. The Hall–Kier alpha value is -1.33. The van der Waals surface area contributed by atoms with Gasteiger partial charge >= 0.3 is 6.09 Å². The lowest BCUT2D eigenvalue weighted by Gasteiger charge is -2.13. The molecule has 0 bridgehead atoms. The fourth-order valence-corrected chi connectivity index (χ4v) is 1.10. The van der Waals surface area contributed by atoms with E-state index in [9.17, 15) is 13.2 Å². The van der Waals surface area contributed by atoms with E-state index in [1.165, 1.54) is 0 Å². The van der Waals surface area contributed by atoms with Gasteiger partial charge in [-0.15, -0.1) is 0 Å². The van der Waals surface area contributed by atoms with Crippen molar-refractivity contribution in [2.45, 2.75) is 12.5 Å². The topological polar surface area (TPSA) is 105 Å². The number of alkyl carbamates (subject to hydrolysis) is 1. The van der Waals surface area contributed by atoms with E-state index in [2.05, 4.69) is 14.2 Å². The molecule has 0 saturated heterocycles. The molecule has 1 atom stereocenters. The van der Waals surface area contributed by atoms with E-state index in [1.54, 1.807) is 6.07 Å². The van der Waals surface area contributed by atoms with Crippen LogP contribution in [0.2, 0.25) is 0 Å². The molecular weight excluding hydrogens is 224 g/mol. The molecule has 0 aromatic rings. The molecule has 0 aromatic heterocycles. The lowest BCUT2D eigenvalue weighted by atomic mass is 10.2. The second-order valence-corrected chi connectivity index (χ2v) is 4.33. The van der Waals surface area contributed by atoms with Gasteiger partial charge in [0.15, 0.2) is 0 Å². The summed E-state index contributed by atoms with van der Waals surface area (Å²) in [5.74, 6) is 0. The Bertz CT molecular complexity index is 345. The van der Waals surface area contributed by atoms with E-state index in [4.69, 9.17) is 5.26 Å². The van der Waals surface area contributed by atoms with E-state index in [-0.39, 0.29) is 13.0 Å². The Labute approximate surface area is 88.1 Å². The number of rotatable bonds is 5. The summed E-state index contributed by atoms with van der Waals surface area (Å²) in [6.45, 7) is -0.290. The predicted molar refractivity (Wildman–Crippen MR) is 50.4 cm³/mol. The third-order valence-electron chi connectivity index (χ3n) is 1.33. The highest BCUT2D eigenvalue weighted by atomic mass is 32.2. The summed E-state index contributed by atoms with van der Waals surface area (Å²) in [6, 6.07) is 1.08. The maximum atomic E-state index is 10.8. The van der Waals surface area contributed by atoms with E-state index in [0.717, 1.165) is 13.4 Å². The minimum atomic E-state index is -3.58. The molecule has 0 aliphatic rings. The van der Waals surface area contributed by atoms with Gasteiger partial charge in [0.2, 0.25) is 0 Å². The fraction of sp³-hybridized carbons (Fsp3) is 0.714. The molecule has 8 heteroatoms. The van der Waals surface area contributed by atoms with Crippen LogP contribution in [-0.4, -0.2) is 40.5 Å². The molecule has 7 nitrogen and oxygen atoms in total. The fourth-order valence-electron chi connectivity index (χ4n) is 0.693. The molecule has 0 radical (unpaired) electrons. The molecule has 1 amide bonds. The molecule has 0 aliphatic heterocycles. The first kappa shape index (κ1) is 13.7. The van der Waals surface area contributed by atoms with Crippen molar-refractivity contribution in [3.05, 3.63) is 0 Å². The maximum Gasteiger partial charge on any atom is 0.407 e. The van der Waals surface area contributed by atoms with Gasteiger partial charge < -0.3 is 10.1 Å². The van der Waals surface area contributed by atoms with Crippen LogP contribution in [0.3, 0.4) is 0 Å². The van der Waals surface area contributed by atoms with Crippen LogP contribution >= 0.6 is 0 Å².